The molecular formula is C15H13NO3S. The van der Waals surface area contributed by atoms with E-state index in [0.717, 1.165) is 11.3 Å². The molecule has 1 N–H and O–H groups in total. The van der Waals surface area contributed by atoms with Crippen LogP contribution in [0.1, 0.15) is 15.9 Å². The van der Waals surface area contributed by atoms with E-state index in [4.69, 9.17) is 0 Å². The van der Waals surface area contributed by atoms with Gasteiger partial charge in [0.05, 0.1) is 11.5 Å². The second kappa shape index (κ2) is 5.09. The Morgan fingerprint density at radius 3 is 2.75 bits per heavy atom. The highest BCUT2D eigenvalue weighted by atomic mass is 32.1. The second-order valence-corrected chi connectivity index (χ2v) is 5.58. The summed E-state index contributed by atoms with van der Waals surface area (Å²) >= 11 is 1.46. The Morgan fingerprint density at radius 2 is 2.05 bits per heavy atom. The topological polar surface area (TPSA) is 57.6 Å². The summed E-state index contributed by atoms with van der Waals surface area (Å²) < 4.78 is 0. The standard InChI is InChI=1S/C15H13NO3S/c17-14(11-5-6-20-9-11)16-8-12(15(18)19)7-10-3-1-2-4-13(10)16/h1-6,9,12H,7-8H2,(H,18,19). The van der Waals surface area contributed by atoms with Gasteiger partial charge in [-0.25, -0.2) is 0 Å². The minimum atomic E-state index is -0.859. The van der Waals surface area contributed by atoms with Gasteiger partial charge in [0, 0.05) is 17.6 Å². The summed E-state index contributed by atoms with van der Waals surface area (Å²) in [7, 11) is 0. The third-order valence-corrected chi connectivity index (χ3v) is 4.20. The number of amides is 1. The van der Waals surface area contributed by atoms with Crippen molar-refractivity contribution in [1.29, 1.82) is 0 Å². The molecule has 20 heavy (non-hydrogen) atoms. The molecule has 102 valence electrons. The van der Waals surface area contributed by atoms with Crippen molar-refractivity contribution < 1.29 is 14.7 Å². The van der Waals surface area contributed by atoms with Gasteiger partial charge in [0.25, 0.3) is 5.91 Å². The summed E-state index contributed by atoms with van der Waals surface area (Å²) in [5.41, 5.74) is 2.34. The van der Waals surface area contributed by atoms with Crippen LogP contribution in [0, 0.1) is 5.92 Å². The monoisotopic (exact) mass is 287 g/mol. The lowest BCUT2D eigenvalue weighted by Crippen LogP contribution is -2.42. The van der Waals surface area contributed by atoms with Gasteiger partial charge in [-0.3, -0.25) is 9.59 Å². The lowest BCUT2D eigenvalue weighted by Gasteiger charge is -2.32. The van der Waals surface area contributed by atoms with Gasteiger partial charge < -0.3 is 10.0 Å². The van der Waals surface area contributed by atoms with Crippen molar-refractivity contribution in [2.75, 3.05) is 11.4 Å². The SMILES string of the molecule is O=C(O)C1Cc2ccccc2N(C(=O)c2ccsc2)C1. The van der Waals surface area contributed by atoms with E-state index in [9.17, 15) is 14.7 Å². The molecule has 0 saturated heterocycles. The number of fused-ring (bicyclic) bond motifs is 1. The van der Waals surface area contributed by atoms with Gasteiger partial charge in [-0.1, -0.05) is 18.2 Å². The van der Waals surface area contributed by atoms with Gasteiger partial charge in [0.1, 0.15) is 0 Å². The summed E-state index contributed by atoms with van der Waals surface area (Å²) in [5.74, 6) is -1.54. The molecule has 0 radical (unpaired) electrons. The molecule has 0 fully saturated rings. The lowest BCUT2D eigenvalue weighted by molar-refractivity contribution is -0.141. The molecular weight excluding hydrogens is 274 g/mol. The molecule has 1 atom stereocenters. The number of thiophene rings is 1. The highest BCUT2D eigenvalue weighted by Crippen LogP contribution is 2.31. The quantitative estimate of drug-likeness (QED) is 0.923. The van der Waals surface area contributed by atoms with Gasteiger partial charge in [-0.15, -0.1) is 0 Å². The molecule has 3 rings (SSSR count). The van der Waals surface area contributed by atoms with Crippen molar-refractivity contribution in [3.63, 3.8) is 0 Å². The van der Waals surface area contributed by atoms with Crippen LogP contribution in [-0.4, -0.2) is 23.5 Å². The zero-order chi connectivity index (χ0) is 14.1. The Bertz CT molecular complexity index is 651. The molecule has 1 aromatic carbocycles. The van der Waals surface area contributed by atoms with E-state index in [-0.39, 0.29) is 12.5 Å². The summed E-state index contributed by atoms with van der Waals surface area (Å²) in [6, 6.07) is 9.26. The number of carbonyl (C=O) groups is 2. The minimum absolute atomic E-state index is 0.135. The largest absolute Gasteiger partial charge is 0.481 e. The Balaban J connectivity index is 2.01. The zero-order valence-corrected chi connectivity index (χ0v) is 11.5. The average molecular weight is 287 g/mol. The molecule has 0 saturated carbocycles. The van der Waals surface area contributed by atoms with Crippen molar-refractivity contribution >= 4 is 28.9 Å². The smallest absolute Gasteiger partial charge is 0.308 e. The van der Waals surface area contributed by atoms with E-state index in [2.05, 4.69) is 0 Å². The fourth-order valence-corrected chi connectivity index (χ4v) is 3.12. The van der Waals surface area contributed by atoms with Crippen molar-refractivity contribution in [2.45, 2.75) is 6.42 Å². The van der Waals surface area contributed by atoms with Gasteiger partial charge >= 0.3 is 5.97 Å². The molecule has 1 amide bonds. The molecule has 1 aliphatic heterocycles. The number of nitrogens with zero attached hydrogens (tertiary/aromatic N) is 1. The Labute approximate surface area is 120 Å². The van der Waals surface area contributed by atoms with Crippen LogP contribution in [0.15, 0.2) is 41.1 Å². The van der Waals surface area contributed by atoms with E-state index < -0.39 is 11.9 Å². The van der Waals surface area contributed by atoms with Crippen LogP contribution < -0.4 is 4.90 Å². The number of carbonyl (C=O) groups excluding carboxylic acids is 1. The summed E-state index contributed by atoms with van der Waals surface area (Å²) in [4.78, 5) is 25.4. The number of carboxylic acid groups (broad SMARTS) is 1. The molecule has 2 aromatic rings. The number of rotatable bonds is 2. The number of aliphatic carboxylic acids is 1. The average Bonchev–Trinajstić information content (AvgIpc) is 2.99. The third kappa shape index (κ3) is 2.20. The van der Waals surface area contributed by atoms with Crippen molar-refractivity contribution in [3.8, 4) is 0 Å². The second-order valence-electron chi connectivity index (χ2n) is 4.80. The molecule has 2 heterocycles. The highest BCUT2D eigenvalue weighted by molar-refractivity contribution is 7.08. The predicted octanol–water partition coefficient (Wildman–Crippen LogP) is 2.65. The first kappa shape index (κ1) is 12.9. The first-order chi connectivity index (χ1) is 9.66. The number of anilines is 1. The maximum Gasteiger partial charge on any atom is 0.308 e. The van der Waals surface area contributed by atoms with E-state index in [1.807, 2.05) is 29.6 Å². The predicted molar refractivity (Wildman–Crippen MR) is 77.3 cm³/mol. The summed E-state index contributed by atoms with van der Waals surface area (Å²) in [5, 5.41) is 12.9. The van der Waals surface area contributed by atoms with Crippen LogP contribution in [0.25, 0.3) is 0 Å². The number of hydrogen-bond acceptors (Lipinski definition) is 3. The molecule has 1 aliphatic rings. The van der Waals surface area contributed by atoms with Crippen LogP contribution in [0.2, 0.25) is 0 Å². The number of carboxylic acids is 1. The lowest BCUT2D eigenvalue weighted by atomic mass is 9.92. The number of para-hydroxylation sites is 1. The Hall–Kier alpha value is -2.14. The summed E-state index contributed by atoms with van der Waals surface area (Å²) in [6.45, 7) is 0.223. The van der Waals surface area contributed by atoms with Crippen LogP contribution in [0.5, 0.6) is 0 Å². The Morgan fingerprint density at radius 1 is 1.25 bits per heavy atom. The molecule has 5 heteroatoms. The third-order valence-electron chi connectivity index (χ3n) is 3.51. The van der Waals surface area contributed by atoms with E-state index >= 15 is 0 Å². The normalized spacial score (nSPS) is 17.6. The van der Waals surface area contributed by atoms with Gasteiger partial charge in [-0.05, 0) is 29.5 Å². The maximum atomic E-state index is 12.5. The number of hydrogen-bond donors (Lipinski definition) is 1. The first-order valence-corrected chi connectivity index (χ1v) is 7.26. The van der Waals surface area contributed by atoms with E-state index in [1.165, 1.54) is 11.3 Å². The van der Waals surface area contributed by atoms with Crippen molar-refractivity contribution in [3.05, 3.63) is 52.2 Å². The highest BCUT2D eigenvalue weighted by Gasteiger charge is 2.32. The van der Waals surface area contributed by atoms with Crippen LogP contribution in [-0.2, 0) is 11.2 Å². The Kier molecular flexibility index (Phi) is 3.28. The molecule has 4 nitrogen and oxygen atoms in total. The molecule has 0 bridgehead atoms. The number of benzene rings is 1. The van der Waals surface area contributed by atoms with Crippen molar-refractivity contribution in [2.24, 2.45) is 5.92 Å². The van der Waals surface area contributed by atoms with Crippen molar-refractivity contribution in [1.82, 2.24) is 0 Å². The van der Waals surface area contributed by atoms with E-state index in [0.29, 0.717) is 12.0 Å². The van der Waals surface area contributed by atoms with E-state index in [1.54, 1.807) is 16.3 Å². The van der Waals surface area contributed by atoms with Gasteiger partial charge in [0.2, 0.25) is 0 Å². The molecule has 1 unspecified atom stereocenters. The maximum absolute atomic E-state index is 12.5. The molecule has 1 aromatic heterocycles. The fourth-order valence-electron chi connectivity index (χ4n) is 2.50. The molecule has 0 spiro atoms. The van der Waals surface area contributed by atoms with Gasteiger partial charge in [0.15, 0.2) is 0 Å². The van der Waals surface area contributed by atoms with Crippen LogP contribution in [0.4, 0.5) is 5.69 Å². The fraction of sp³-hybridized carbons (Fsp3) is 0.200. The van der Waals surface area contributed by atoms with Gasteiger partial charge in [-0.2, -0.15) is 11.3 Å². The first-order valence-electron chi connectivity index (χ1n) is 6.31. The minimum Gasteiger partial charge on any atom is -0.481 e. The van der Waals surface area contributed by atoms with Crippen LogP contribution >= 0.6 is 11.3 Å². The summed E-state index contributed by atoms with van der Waals surface area (Å²) in [6.07, 6.45) is 0.471. The molecule has 0 aliphatic carbocycles. The zero-order valence-electron chi connectivity index (χ0n) is 10.7. The van der Waals surface area contributed by atoms with Crippen LogP contribution in [0.3, 0.4) is 0 Å².